The van der Waals surface area contributed by atoms with Gasteiger partial charge in [-0.3, -0.25) is 4.99 Å². The third kappa shape index (κ3) is 8.48. The Morgan fingerprint density at radius 1 is 1.38 bits per heavy atom. The topological polar surface area (TPSA) is 60.2 Å². The van der Waals surface area contributed by atoms with Gasteiger partial charge in [-0.2, -0.15) is 5.26 Å². The molecule has 4 nitrogen and oxygen atoms in total. The number of nitrogens with one attached hydrogen (secondary N) is 2. The molecule has 0 heterocycles. The van der Waals surface area contributed by atoms with Crippen LogP contribution in [0.15, 0.2) is 23.2 Å². The van der Waals surface area contributed by atoms with Crippen LogP contribution in [0.3, 0.4) is 0 Å². The van der Waals surface area contributed by atoms with E-state index in [4.69, 9.17) is 5.26 Å². The third-order valence-electron chi connectivity index (χ3n) is 3.56. The van der Waals surface area contributed by atoms with Crippen molar-refractivity contribution < 1.29 is 4.39 Å². The minimum Gasteiger partial charge on any atom is -0.354 e. The number of aliphatic imine (C=N–C) groups is 1. The molecule has 0 aliphatic carbocycles. The monoisotopic (exact) mass is 446 g/mol. The van der Waals surface area contributed by atoms with E-state index in [1.165, 1.54) is 6.07 Å². The lowest BCUT2D eigenvalue weighted by Crippen LogP contribution is -2.42. The highest BCUT2D eigenvalue weighted by Gasteiger charge is 2.13. The summed E-state index contributed by atoms with van der Waals surface area (Å²) in [5, 5.41) is 15.2. The molecule has 0 aromatic heterocycles. The number of benzene rings is 1. The van der Waals surface area contributed by atoms with Crippen LogP contribution in [0.25, 0.3) is 0 Å². The number of hydrogen-bond acceptors (Lipinski definition) is 2. The van der Waals surface area contributed by atoms with Gasteiger partial charge >= 0.3 is 0 Å². The minimum absolute atomic E-state index is 0. The molecule has 1 unspecified atom stereocenters. The molecule has 0 fully saturated rings. The minimum atomic E-state index is -0.382. The molecule has 1 aromatic rings. The maximum Gasteiger partial charge on any atom is 0.191 e. The molecule has 0 radical (unpaired) electrons. The Labute approximate surface area is 162 Å². The van der Waals surface area contributed by atoms with E-state index in [-0.39, 0.29) is 35.8 Å². The largest absolute Gasteiger partial charge is 0.354 e. The van der Waals surface area contributed by atoms with Crippen LogP contribution in [0.5, 0.6) is 0 Å². The summed E-state index contributed by atoms with van der Waals surface area (Å²) in [4.78, 5) is 4.17. The first kappa shape index (κ1) is 22.6. The SMILES string of the molecule is CN=C(NCc1ccc(C#N)cc1F)NC(C)CCC(C)(C)C.I. The molecule has 0 aliphatic rings. The van der Waals surface area contributed by atoms with Crippen molar-refractivity contribution in [2.75, 3.05) is 7.05 Å². The van der Waals surface area contributed by atoms with Crippen LogP contribution in [-0.4, -0.2) is 19.0 Å². The second-order valence-corrected chi connectivity index (χ2v) is 6.99. The first-order valence-corrected chi connectivity index (χ1v) is 7.91. The fraction of sp³-hybridized carbons (Fsp3) is 0.556. The number of rotatable bonds is 5. The Kier molecular flexibility index (Phi) is 9.90. The number of halogens is 2. The van der Waals surface area contributed by atoms with Crippen molar-refractivity contribution >= 4 is 29.9 Å². The quantitative estimate of drug-likeness (QED) is 0.405. The average molecular weight is 446 g/mol. The fourth-order valence-electron chi connectivity index (χ4n) is 2.09. The van der Waals surface area contributed by atoms with Crippen LogP contribution in [0.4, 0.5) is 4.39 Å². The zero-order chi connectivity index (χ0) is 17.5. The molecule has 1 aromatic carbocycles. The molecule has 6 heteroatoms. The van der Waals surface area contributed by atoms with Crippen molar-refractivity contribution in [3.05, 3.63) is 35.1 Å². The summed E-state index contributed by atoms with van der Waals surface area (Å²) in [7, 11) is 1.70. The van der Waals surface area contributed by atoms with Crippen LogP contribution in [0.2, 0.25) is 0 Å². The van der Waals surface area contributed by atoms with E-state index in [1.54, 1.807) is 19.2 Å². The molecule has 24 heavy (non-hydrogen) atoms. The standard InChI is InChI=1S/C18H27FN4.HI/c1-13(8-9-18(2,3)4)23-17(21-5)22-12-15-7-6-14(11-20)10-16(15)19;/h6-7,10,13H,8-9,12H2,1-5H3,(H2,21,22,23);1H. The van der Waals surface area contributed by atoms with E-state index in [2.05, 4.69) is 43.3 Å². The fourth-order valence-corrected chi connectivity index (χ4v) is 2.09. The molecule has 134 valence electrons. The Morgan fingerprint density at radius 3 is 2.54 bits per heavy atom. The maximum atomic E-state index is 13.9. The normalized spacial score (nSPS) is 12.8. The lowest BCUT2D eigenvalue weighted by molar-refractivity contribution is 0.346. The van der Waals surface area contributed by atoms with E-state index in [9.17, 15) is 4.39 Å². The predicted molar refractivity (Wildman–Crippen MR) is 108 cm³/mol. The van der Waals surface area contributed by atoms with E-state index in [1.807, 2.05) is 6.07 Å². The number of hydrogen-bond donors (Lipinski definition) is 2. The molecule has 0 aliphatic heterocycles. The summed E-state index contributed by atoms with van der Waals surface area (Å²) in [5.41, 5.74) is 1.14. The predicted octanol–water partition coefficient (Wildman–Crippen LogP) is 4.20. The smallest absolute Gasteiger partial charge is 0.191 e. The summed E-state index contributed by atoms with van der Waals surface area (Å²) in [5.74, 6) is 0.267. The highest BCUT2D eigenvalue weighted by atomic mass is 127. The van der Waals surface area contributed by atoms with Crippen LogP contribution in [0, 0.1) is 22.6 Å². The highest BCUT2D eigenvalue weighted by molar-refractivity contribution is 14.0. The van der Waals surface area contributed by atoms with Crippen molar-refractivity contribution in [2.45, 2.75) is 53.1 Å². The zero-order valence-corrected chi connectivity index (χ0v) is 17.4. The lowest BCUT2D eigenvalue weighted by Gasteiger charge is -2.23. The molecule has 1 atom stereocenters. The molecule has 2 N–H and O–H groups in total. The highest BCUT2D eigenvalue weighted by Crippen LogP contribution is 2.21. The van der Waals surface area contributed by atoms with Crippen LogP contribution in [0.1, 0.15) is 51.7 Å². The van der Waals surface area contributed by atoms with Crippen molar-refractivity contribution in [1.29, 1.82) is 5.26 Å². The Hall–Kier alpha value is -1.36. The number of nitriles is 1. The van der Waals surface area contributed by atoms with Crippen molar-refractivity contribution in [2.24, 2.45) is 10.4 Å². The van der Waals surface area contributed by atoms with Crippen molar-refractivity contribution in [3.8, 4) is 6.07 Å². The van der Waals surface area contributed by atoms with Gasteiger partial charge in [-0.05, 0) is 37.3 Å². The number of guanidine groups is 1. The second-order valence-electron chi connectivity index (χ2n) is 6.99. The Balaban J connectivity index is 0.00000529. The summed E-state index contributed by atoms with van der Waals surface area (Å²) in [6, 6.07) is 6.70. The van der Waals surface area contributed by atoms with Crippen LogP contribution in [-0.2, 0) is 6.54 Å². The summed E-state index contributed by atoms with van der Waals surface area (Å²) < 4.78 is 13.9. The summed E-state index contributed by atoms with van der Waals surface area (Å²) in [6.07, 6.45) is 2.15. The molecule has 0 saturated heterocycles. The molecule has 0 amide bonds. The molecule has 0 saturated carbocycles. The van der Waals surface area contributed by atoms with E-state index in [0.717, 1.165) is 12.8 Å². The van der Waals surface area contributed by atoms with Gasteiger partial charge in [0.05, 0.1) is 11.6 Å². The van der Waals surface area contributed by atoms with Gasteiger partial charge in [0.1, 0.15) is 5.82 Å². The lowest BCUT2D eigenvalue weighted by atomic mass is 9.89. The molecule has 0 spiro atoms. The van der Waals surface area contributed by atoms with Gasteiger partial charge in [0.25, 0.3) is 0 Å². The van der Waals surface area contributed by atoms with Gasteiger partial charge in [-0.25, -0.2) is 4.39 Å². The van der Waals surface area contributed by atoms with Gasteiger partial charge in [0.15, 0.2) is 5.96 Å². The molecule has 0 bridgehead atoms. The van der Waals surface area contributed by atoms with E-state index >= 15 is 0 Å². The number of nitrogens with zero attached hydrogens (tertiary/aromatic N) is 2. The van der Waals surface area contributed by atoms with Crippen molar-refractivity contribution in [3.63, 3.8) is 0 Å². The first-order valence-electron chi connectivity index (χ1n) is 7.91. The van der Waals surface area contributed by atoms with E-state index in [0.29, 0.717) is 29.0 Å². The van der Waals surface area contributed by atoms with E-state index < -0.39 is 0 Å². The molecular formula is C18H28FIN4. The second kappa shape index (κ2) is 10.5. The van der Waals surface area contributed by atoms with Gasteiger partial charge < -0.3 is 10.6 Å². The maximum absolute atomic E-state index is 13.9. The first-order chi connectivity index (χ1) is 10.7. The third-order valence-corrected chi connectivity index (χ3v) is 3.56. The Morgan fingerprint density at radius 2 is 2.04 bits per heavy atom. The average Bonchev–Trinajstić information content (AvgIpc) is 2.49. The van der Waals surface area contributed by atoms with Crippen LogP contribution < -0.4 is 10.6 Å². The van der Waals surface area contributed by atoms with Crippen LogP contribution >= 0.6 is 24.0 Å². The summed E-state index contributed by atoms with van der Waals surface area (Å²) >= 11 is 0. The van der Waals surface area contributed by atoms with Gasteiger partial charge in [-0.15, -0.1) is 24.0 Å². The van der Waals surface area contributed by atoms with Gasteiger partial charge in [0.2, 0.25) is 0 Å². The zero-order valence-electron chi connectivity index (χ0n) is 15.1. The molecule has 1 rings (SSSR count). The Bertz CT molecular complexity index is 588. The molecular weight excluding hydrogens is 418 g/mol. The van der Waals surface area contributed by atoms with Gasteiger partial charge in [-0.1, -0.05) is 26.8 Å². The summed E-state index contributed by atoms with van der Waals surface area (Å²) in [6.45, 7) is 9.10. The van der Waals surface area contributed by atoms with Crippen molar-refractivity contribution in [1.82, 2.24) is 10.6 Å². The van der Waals surface area contributed by atoms with Gasteiger partial charge in [0, 0.05) is 25.2 Å².